The number of carbonyl (C=O) groups is 1. The molecule has 0 atom stereocenters. The van der Waals surface area contributed by atoms with Gasteiger partial charge in [0.2, 0.25) is 11.2 Å². The molecule has 0 spiro atoms. The highest BCUT2D eigenvalue weighted by Gasteiger charge is 2.22. The Kier molecular flexibility index (Phi) is 6.49. The molecule has 0 saturated heterocycles. The van der Waals surface area contributed by atoms with Gasteiger partial charge in [-0.05, 0) is 17.7 Å². The first-order valence-corrected chi connectivity index (χ1v) is 11.3. The summed E-state index contributed by atoms with van der Waals surface area (Å²) in [6.45, 7) is 0.187. The molecule has 5 aromatic rings. The number of esters is 1. The molecule has 6 heteroatoms. The summed E-state index contributed by atoms with van der Waals surface area (Å²) >= 11 is 0. The Balaban J connectivity index is 1.62. The fourth-order valence-electron chi connectivity index (χ4n) is 3.84. The average Bonchev–Trinajstić information content (AvgIpc) is 2.93. The van der Waals surface area contributed by atoms with Crippen molar-refractivity contribution in [3.63, 3.8) is 0 Å². The Morgan fingerprint density at radius 3 is 2.14 bits per heavy atom. The lowest BCUT2D eigenvalue weighted by atomic mass is 10.1. The van der Waals surface area contributed by atoms with E-state index >= 15 is 0 Å². The van der Waals surface area contributed by atoms with Gasteiger partial charge in [0, 0.05) is 17.7 Å². The SMILES string of the molecule is COc1cc(OC(=O)c2ccccc2)cc2oc(-c3ccccc3)c(OCc3ccccc3)c(=O)c12. The molecule has 0 fully saturated rings. The zero-order valence-electron chi connectivity index (χ0n) is 19.5. The zero-order valence-corrected chi connectivity index (χ0v) is 19.5. The normalized spacial score (nSPS) is 10.7. The first-order valence-electron chi connectivity index (χ1n) is 11.3. The fraction of sp³-hybridized carbons (Fsp3) is 0.0667. The van der Waals surface area contributed by atoms with E-state index in [4.69, 9.17) is 18.6 Å². The predicted molar refractivity (Wildman–Crippen MR) is 137 cm³/mol. The lowest BCUT2D eigenvalue weighted by molar-refractivity contribution is 0.0734. The van der Waals surface area contributed by atoms with Crippen molar-refractivity contribution >= 4 is 16.9 Å². The molecular formula is C30H22O6. The minimum Gasteiger partial charge on any atom is -0.496 e. The van der Waals surface area contributed by atoms with Gasteiger partial charge >= 0.3 is 5.97 Å². The summed E-state index contributed by atoms with van der Waals surface area (Å²) in [7, 11) is 1.44. The Morgan fingerprint density at radius 1 is 0.833 bits per heavy atom. The smallest absolute Gasteiger partial charge is 0.343 e. The van der Waals surface area contributed by atoms with Crippen LogP contribution in [-0.2, 0) is 6.61 Å². The third kappa shape index (κ3) is 4.70. The van der Waals surface area contributed by atoms with Crippen LogP contribution in [0, 0.1) is 0 Å². The number of rotatable bonds is 7. The number of hydrogen-bond donors (Lipinski definition) is 0. The number of benzene rings is 4. The topological polar surface area (TPSA) is 75.0 Å². The van der Waals surface area contributed by atoms with Crippen molar-refractivity contribution in [2.45, 2.75) is 6.61 Å². The van der Waals surface area contributed by atoms with Gasteiger partial charge in [-0.1, -0.05) is 78.9 Å². The fourth-order valence-corrected chi connectivity index (χ4v) is 3.84. The van der Waals surface area contributed by atoms with Gasteiger partial charge in [0.1, 0.15) is 29.1 Å². The third-order valence-electron chi connectivity index (χ3n) is 5.59. The Hall–Kier alpha value is -4.84. The molecule has 0 unspecified atom stereocenters. The summed E-state index contributed by atoms with van der Waals surface area (Å²) in [5, 5.41) is 0.194. The van der Waals surface area contributed by atoms with Gasteiger partial charge in [-0.2, -0.15) is 0 Å². The molecule has 0 aliphatic carbocycles. The van der Waals surface area contributed by atoms with E-state index in [2.05, 4.69) is 0 Å². The molecule has 0 amide bonds. The van der Waals surface area contributed by atoms with Crippen LogP contribution in [0.25, 0.3) is 22.3 Å². The maximum absolute atomic E-state index is 13.7. The molecule has 5 rings (SSSR count). The molecule has 0 N–H and O–H groups in total. The second-order valence-electron chi connectivity index (χ2n) is 7.98. The van der Waals surface area contributed by atoms with Crippen LogP contribution in [-0.4, -0.2) is 13.1 Å². The molecule has 1 heterocycles. The van der Waals surface area contributed by atoms with E-state index in [-0.39, 0.29) is 46.0 Å². The highest BCUT2D eigenvalue weighted by atomic mass is 16.5. The lowest BCUT2D eigenvalue weighted by Crippen LogP contribution is -2.12. The predicted octanol–water partition coefficient (Wildman–Crippen LogP) is 6.27. The van der Waals surface area contributed by atoms with Crippen molar-refractivity contribution in [1.82, 2.24) is 0 Å². The molecule has 0 aliphatic heterocycles. The minimum atomic E-state index is -0.537. The second kappa shape index (κ2) is 10.2. The molecule has 6 nitrogen and oxygen atoms in total. The van der Waals surface area contributed by atoms with Crippen LogP contribution < -0.4 is 19.6 Å². The van der Waals surface area contributed by atoms with E-state index in [9.17, 15) is 9.59 Å². The van der Waals surface area contributed by atoms with E-state index < -0.39 is 5.97 Å². The Morgan fingerprint density at radius 2 is 1.47 bits per heavy atom. The largest absolute Gasteiger partial charge is 0.496 e. The number of carbonyl (C=O) groups excluding carboxylic acids is 1. The van der Waals surface area contributed by atoms with Crippen LogP contribution in [0.15, 0.2) is 112 Å². The molecule has 0 aliphatic rings. The van der Waals surface area contributed by atoms with Crippen molar-refractivity contribution in [1.29, 1.82) is 0 Å². The third-order valence-corrected chi connectivity index (χ3v) is 5.59. The summed E-state index contributed by atoms with van der Waals surface area (Å²) < 4.78 is 23.3. The van der Waals surface area contributed by atoms with Gasteiger partial charge in [-0.25, -0.2) is 4.79 Å². The van der Waals surface area contributed by atoms with Crippen molar-refractivity contribution in [2.24, 2.45) is 0 Å². The van der Waals surface area contributed by atoms with Gasteiger partial charge in [-0.3, -0.25) is 4.79 Å². The Bertz CT molecular complexity index is 1560. The van der Waals surface area contributed by atoms with Crippen molar-refractivity contribution < 1.29 is 23.4 Å². The van der Waals surface area contributed by atoms with Gasteiger partial charge in [0.25, 0.3) is 0 Å². The summed E-state index contributed by atoms with van der Waals surface area (Å²) in [6, 6.07) is 30.4. The molecule has 0 saturated carbocycles. The van der Waals surface area contributed by atoms with E-state index in [0.717, 1.165) is 5.56 Å². The number of methoxy groups -OCH3 is 1. The van der Waals surface area contributed by atoms with Crippen LogP contribution in [0.3, 0.4) is 0 Å². The van der Waals surface area contributed by atoms with E-state index in [1.165, 1.54) is 19.2 Å². The minimum absolute atomic E-state index is 0.0740. The highest BCUT2D eigenvalue weighted by Crippen LogP contribution is 2.36. The van der Waals surface area contributed by atoms with Crippen LogP contribution in [0.5, 0.6) is 17.2 Å². The quantitative estimate of drug-likeness (QED) is 0.203. The second-order valence-corrected chi connectivity index (χ2v) is 7.98. The molecule has 0 radical (unpaired) electrons. The monoisotopic (exact) mass is 478 g/mol. The van der Waals surface area contributed by atoms with Gasteiger partial charge in [0.15, 0.2) is 5.76 Å². The summed E-state index contributed by atoms with van der Waals surface area (Å²) in [5.74, 6) is 0.211. The Labute approximate surface area is 207 Å². The molecule has 4 aromatic carbocycles. The van der Waals surface area contributed by atoms with Crippen LogP contribution in [0.4, 0.5) is 0 Å². The van der Waals surface area contributed by atoms with Crippen LogP contribution in [0.2, 0.25) is 0 Å². The van der Waals surface area contributed by atoms with Crippen molar-refractivity contribution in [3.8, 4) is 28.6 Å². The summed E-state index contributed by atoms with van der Waals surface area (Å²) in [5.41, 5.74) is 1.80. The number of ether oxygens (including phenoxy) is 3. The lowest BCUT2D eigenvalue weighted by Gasteiger charge is -2.14. The number of fused-ring (bicyclic) bond motifs is 1. The molecule has 36 heavy (non-hydrogen) atoms. The van der Waals surface area contributed by atoms with Gasteiger partial charge in [0.05, 0.1) is 12.7 Å². The number of hydrogen-bond acceptors (Lipinski definition) is 6. The van der Waals surface area contributed by atoms with Gasteiger partial charge in [-0.15, -0.1) is 0 Å². The van der Waals surface area contributed by atoms with Crippen LogP contribution >= 0.6 is 0 Å². The van der Waals surface area contributed by atoms with Gasteiger partial charge < -0.3 is 18.6 Å². The van der Waals surface area contributed by atoms with Crippen molar-refractivity contribution in [3.05, 3.63) is 124 Å². The van der Waals surface area contributed by atoms with E-state index in [1.807, 2.05) is 66.7 Å². The average molecular weight is 479 g/mol. The zero-order chi connectivity index (χ0) is 24.9. The first kappa shape index (κ1) is 22.9. The summed E-state index contributed by atoms with van der Waals surface area (Å²) in [4.78, 5) is 26.3. The summed E-state index contributed by atoms with van der Waals surface area (Å²) in [6.07, 6.45) is 0. The maximum Gasteiger partial charge on any atom is 0.343 e. The van der Waals surface area contributed by atoms with E-state index in [0.29, 0.717) is 11.1 Å². The van der Waals surface area contributed by atoms with Crippen LogP contribution in [0.1, 0.15) is 15.9 Å². The highest BCUT2D eigenvalue weighted by molar-refractivity contribution is 5.93. The van der Waals surface area contributed by atoms with Crippen molar-refractivity contribution in [2.75, 3.05) is 7.11 Å². The maximum atomic E-state index is 13.7. The first-order chi connectivity index (χ1) is 17.6. The molecule has 0 bridgehead atoms. The molecular weight excluding hydrogens is 456 g/mol. The molecule has 178 valence electrons. The molecule has 1 aromatic heterocycles. The van der Waals surface area contributed by atoms with E-state index in [1.54, 1.807) is 24.3 Å². The standard InChI is InChI=1S/C30H22O6/c1-33-24-17-23(35-30(32)22-15-9-4-10-16-22)18-25-26(24)27(31)29(34-19-20-11-5-2-6-12-20)28(36-25)21-13-7-3-8-14-21/h2-18H,19H2,1H3.